The summed E-state index contributed by atoms with van der Waals surface area (Å²) in [4.78, 5) is 2.28. The summed E-state index contributed by atoms with van der Waals surface area (Å²) in [6.45, 7) is 9.86. The largest absolute Gasteiger partial charge is 0.393 e. The van der Waals surface area contributed by atoms with Crippen LogP contribution in [-0.4, -0.2) is 49.3 Å². The van der Waals surface area contributed by atoms with Gasteiger partial charge in [-0.1, -0.05) is 25.5 Å². The lowest BCUT2D eigenvalue weighted by Gasteiger charge is -2.58. The van der Waals surface area contributed by atoms with Crippen molar-refractivity contribution >= 4 is 0 Å². The maximum atomic E-state index is 10.2. The summed E-state index contributed by atoms with van der Waals surface area (Å²) in [5, 5.41) is 14.1. The zero-order valence-electron chi connectivity index (χ0n) is 19.0. The minimum Gasteiger partial charge on any atom is -0.393 e. The van der Waals surface area contributed by atoms with Crippen LogP contribution in [0.2, 0.25) is 0 Å². The summed E-state index contributed by atoms with van der Waals surface area (Å²) in [5.41, 5.74) is 2.49. The first-order valence-corrected chi connectivity index (χ1v) is 12.0. The average Bonchev–Trinajstić information content (AvgIpc) is 2.99. The molecule has 0 amide bonds. The summed E-state index contributed by atoms with van der Waals surface area (Å²) in [6, 6.07) is 0.626. The molecular weight excluding hydrogens is 344 g/mol. The van der Waals surface area contributed by atoms with Gasteiger partial charge in [-0.15, -0.1) is 0 Å². The van der Waals surface area contributed by atoms with Crippen LogP contribution in [-0.2, 0) is 0 Å². The van der Waals surface area contributed by atoms with Crippen LogP contribution >= 0.6 is 0 Å². The van der Waals surface area contributed by atoms with E-state index in [1.54, 1.807) is 5.57 Å². The fourth-order valence-electron chi connectivity index (χ4n) is 8.16. The van der Waals surface area contributed by atoms with Gasteiger partial charge in [0.05, 0.1) is 6.10 Å². The molecule has 3 unspecified atom stereocenters. The van der Waals surface area contributed by atoms with E-state index >= 15 is 0 Å². The lowest BCUT2D eigenvalue weighted by molar-refractivity contribution is -0.0535. The molecule has 28 heavy (non-hydrogen) atoms. The summed E-state index contributed by atoms with van der Waals surface area (Å²) >= 11 is 0. The monoisotopic (exact) mass is 388 g/mol. The number of aliphatic hydroxyl groups is 1. The summed E-state index contributed by atoms with van der Waals surface area (Å²) < 4.78 is 0. The highest BCUT2D eigenvalue weighted by Gasteiger charge is 2.59. The normalized spacial score (nSPS) is 46.5. The third kappa shape index (κ3) is 3.40. The average molecular weight is 389 g/mol. The first kappa shape index (κ1) is 20.9. The van der Waals surface area contributed by atoms with Crippen LogP contribution in [0.4, 0.5) is 0 Å². The van der Waals surface area contributed by atoms with Crippen LogP contribution in [0.25, 0.3) is 0 Å². The Bertz CT molecular complexity index is 601. The minimum atomic E-state index is -0.0883. The van der Waals surface area contributed by atoms with E-state index in [9.17, 15) is 5.11 Å². The van der Waals surface area contributed by atoms with Crippen LogP contribution < -0.4 is 5.32 Å². The molecule has 0 spiro atoms. The maximum Gasteiger partial charge on any atom is 0.0577 e. The van der Waals surface area contributed by atoms with Crippen LogP contribution in [0, 0.1) is 34.5 Å². The van der Waals surface area contributed by atoms with Crippen molar-refractivity contribution in [1.29, 1.82) is 0 Å². The molecule has 4 rings (SSSR count). The van der Waals surface area contributed by atoms with Crippen molar-refractivity contribution in [3.8, 4) is 0 Å². The van der Waals surface area contributed by atoms with E-state index in [0.29, 0.717) is 16.9 Å². The van der Waals surface area contributed by atoms with Gasteiger partial charge < -0.3 is 15.3 Å². The standard InChI is InChI=1S/C25H44N2O/c1-17(26-14-15-27(4)5)21-8-9-22-20-7-6-18-16-19(28)10-12-24(18,2)23(20)11-13-25(21,22)3/h6,17,19-23,26,28H,7-16H2,1-5H3/t17-,19-,20?,21+,22?,23?,24-,25+/m0/s1. The molecule has 160 valence electrons. The van der Waals surface area contributed by atoms with Gasteiger partial charge in [0.2, 0.25) is 0 Å². The van der Waals surface area contributed by atoms with Gasteiger partial charge in [-0.3, -0.25) is 0 Å². The Morgan fingerprint density at radius 2 is 1.93 bits per heavy atom. The maximum absolute atomic E-state index is 10.2. The van der Waals surface area contributed by atoms with E-state index < -0.39 is 0 Å². The Morgan fingerprint density at radius 3 is 2.68 bits per heavy atom. The topological polar surface area (TPSA) is 35.5 Å². The molecule has 2 N–H and O–H groups in total. The van der Waals surface area contributed by atoms with E-state index in [4.69, 9.17) is 0 Å². The van der Waals surface area contributed by atoms with Crippen molar-refractivity contribution in [3.05, 3.63) is 11.6 Å². The van der Waals surface area contributed by atoms with Crippen LogP contribution in [0.15, 0.2) is 11.6 Å². The molecule has 0 aromatic rings. The molecule has 0 saturated heterocycles. The van der Waals surface area contributed by atoms with Crippen molar-refractivity contribution in [2.75, 3.05) is 27.2 Å². The molecule has 3 heteroatoms. The summed E-state index contributed by atoms with van der Waals surface area (Å²) in [6.07, 6.45) is 12.6. The third-order valence-corrected chi connectivity index (χ3v) is 9.78. The van der Waals surface area contributed by atoms with Gasteiger partial charge in [-0.25, -0.2) is 0 Å². The van der Waals surface area contributed by atoms with E-state index in [2.05, 4.69) is 51.2 Å². The zero-order chi connectivity index (χ0) is 20.1. The molecule has 3 saturated carbocycles. The van der Waals surface area contributed by atoms with E-state index in [1.807, 2.05) is 0 Å². The van der Waals surface area contributed by atoms with Gasteiger partial charge in [0.1, 0.15) is 0 Å². The Hall–Kier alpha value is -0.380. The van der Waals surface area contributed by atoms with Gasteiger partial charge in [0, 0.05) is 19.1 Å². The molecule has 0 heterocycles. The molecule has 8 atom stereocenters. The van der Waals surface area contributed by atoms with Crippen molar-refractivity contribution in [3.63, 3.8) is 0 Å². The fourth-order valence-corrected chi connectivity index (χ4v) is 8.16. The lowest BCUT2D eigenvalue weighted by atomic mass is 9.47. The first-order chi connectivity index (χ1) is 13.3. The second-order valence-electron chi connectivity index (χ2n) is 11.4. The summed E-state index contributed by atoms with van der Waals surface area (Å²) in [5.74, 6) is 3.46. The number of hydrogen-bond donors (Lipinski definition) is 2. The molecule has 4 aliphatic rings. The molecule has 3 nitrogen and oxygen atoms in total. The van der Waals surface area contributed by atoms with Crippen LogP contribution in [0.5, 0.6) is 0 Å². The van der Waals surface area contributed by atoms with Crippen molar-refractivity contribution in [1.82, 2.24) is 10.2 Å². The number of nitrogens with zero attached hydrogens (tertiary/aromatic N) is 1. The second kappa shape index (κ2) is 7.71. The number of allylic oxidation sites excluding steroid dienone is 1. The van der Waals surface area contributed by atoms with Gasteiger partial charge in [0.25, 0.3) is 0 Å². The van der Waals surface area contributed by atoms with Crippen molar-refractivity contribution in [2.45, 2.75) is 84.3 Å². The Morgan fingerprint density at radius 1 is 1.14 bits per heavy atom. The number of nitrogens with one attached hydrogen (secondary N) is 1. The van der Waals surface area contributed by atoms with Gasteiger partial charge in [-0.05, 0) is 107 Å². The molecule has 0 aromatic carbocycles. The molecule has 0 bridgehead atoms. The highest BCUT2D eigenvalue weighted by molar-refractivity contribution is 5.25. The van der Waals surface area contributed by atoms with E-state index in [-0.39, 0.29) is 6.10 Å². The van der Waals surface area contributed by atoms with E-state index in [1.165, 1.54) is 38.5 Å². The number of likely N-dealkylation sites (N-methyl/N-ethyl adjacent to an activating group) is 1. The Balaban J connectivity index is 1.49. The minimum absolute atomic E-state index is 0.0883. The van der Waals surface area contributed by atoms with Crippen molar-refractivity contribution < 1.29 is 5.11 Å². The Kier molecular flexibility index (Phi) is 5.74. The molecule has 3 fully saturated rings. The SMILES string of the molecule is C[C@H](NCCN(C)C)[C@H]1CCC2C3CC=C4C[C@@H](O)CC[C@]4(C)C3CC[C@@]21C. The predicted molar refractivity (Wildman–Crippen MR) is 117 cm³/mol. The van der Waals surface area contributed by atoms with Gasteiger partial charge in [-0.2, -0.15) is 0 Å². The third-order valence-electron chi connectivity index (χ3n) is 9.78. The number of aliphatic hydroxyl groups excluding tert-OH is 1. The highest BCUT2D eigenvalue weighted by atomic mass is 16.3. The molecule has 4 aliphatic carbocycles. The van der Waals surface area contributed by atoms with Crippen molar-refractivity contribution in [2.24, 2.45) is 34.5 Å². The first-order valence-electron chi connectivity index (χ1n) is 12.0. The fraction of sp³-hybridized carbons (Fsp3) is 0.920. The van der Waals surface area contributed by atoms with Gasteiger partial charge >= 0.3 is 0 Å². The second-order valence-corrected chi connectivity index (χ2v) is 11.4. The lowest BCUT2D eigenvalue weighted by Crippen LogP contribution is -2.52. The molecular formula is C25H44N2O. The number of rotatable bonds is 5. The van der Waals surface area contributed by atoms with E-state index in [0.717, 1.165) is 49.6 Å². The zero-order valence-corrected chi connectivity index (χ0v) is 19.0. The van der Waals surface area contributed by atoms with Crippen LogP contribution in [0.3, 0.4) is 0 Å². The Labute approximate surface area is 173 Å². The molecule has 0 aromatic heterocycles. The number of fused-ring (bicyclic) bond motifs is 5. The quantitative estimate of drug-likeness (QED) is 0.682. The predicted octanol–water partition coefficient (Wildman–Crippen LogP) is 4.47. The smallest absolute Gasteiger partial charge is 0.0577 e. The highest BCUT2D eigenvalue weighted by Crippen LogP contribution is 2.66. The van der Waals surface area contributed by atoms with Crippen LogP contribution in [0.1, 0.15) is 72.1 Å². The summed E-state index contributed by atoms with van der Waals surface area (Å²) in [7, 11) is 4.33. The molecule has 0 aliphatic heterocycles. The number of hydrogen-bond acceptors (Lipinski definition) is 3. The molecule has 0 radical (unpaired) electrons. The van der Waals surface area contributed by atoms with Gasteiger partial charge in [0.15, 0.2) is 0 Å².